The monoisotopic (exact) mass is 369 g/mol. The number of rotatable bonds is 4. The number of thiocyanates is 1. The maximum atomic E-state index is 11.8. The topological polar surface area (TPSA) is 61.1 Å². The minimum atomic E-state index is -0.778. The number of carbonyl (C=O) groups excluding carboxylic acids is 1. The Morgan fingerprint density at radius 2 is 2.19 bits per heavy atom. The highest BCUT2D eigenvalue weighted by atomic mass is 32.2. The number of nitriles is 1. The molecule has 0 aromatic rings. The average Bonchev–Trinajstić information content (AvgIpc) is 2.93. The SMILES string of the molecule is CCC[C@]12C=CC3=C4CCC(=O)C=C4CC[C@H]3[C@@H]1CC[C@@]2(O)CSC#N. The molecule has 138 valence electrons. The van der Waals surface area contributed by atoms with E-state index in [0.717, 1.165) is 44.9 Å². The lowest BCUT2D eigenvalue weighted by molar-refractivity contribution is -0.114. The molecule has 4 aliphatic carbocycles. The molecule has 26 heavy (non-hydrogen) atoms. The fourth-order valence-electron chi connectivity index (χ4n) is 6.23. The number of fused-ring (bicyclic) bond motifs is 4. The third-order valence-corrected chi connectivity index (χ3v) is 8.05. The van der Waals surface area contributed by atoms with Gasteiger partial charge in [0.25, 0.3) is 0 Å². The molecule has 4 aliphatic rings. The molecule has 0 radical (unpaired) electrons. The molecule has 3 nitrogen and oxygen atoms in total. The van der Waals surface area contributed by atoms with E-state index in [1.807, 2.05) is 6.08 Å². The molecule has 0 saturated heterocycles. The van der Waals surface area contributed by atoms with Crippen LogP contribution >= 0.6 is 11.8 Å². The van der Waals surface area contributed by atoms with Crippen molar-refractivity contribution in [1.82, 2.24) is 0 Å². The van der Waals surface area contributed by atoms with Gasteiger partial charge in [-0.25, -0.2) is 0 Å². The van der Waals surface area contributed by atoms with Crippen molar-refractivity contribution in [1.29, 1.82) is 5.26 Å². The van der Waals surface area contributed by atoms with Crippen LogP contribution in [0.3, 0.4) is 0 Å². The van der Waals surface area contributed by atoms with Crippen molar-refractivity contribution in [2.75, 3.05) is 5.75 Å². The third-order valence-electron chi connectivity index (χ3n) is 7.30. The van der Waals surface area contributed by atoms with Gasteiger partial charge < -0.3 is 5.11 Å². The zero-order valence-electron chi connectivity index (χ0n) is 15.5. The molecule has 0 aliphatic heterocycles. The lowest BCUT2D eigenvalue weighted by atomic mass is 9.56. The summed E-state index contributed by atoms with van der Waals surface area (Å²) >= 11 is 1.20. The van der Waals surface area contributed by atoms with Crippen LogP contribution in [0.5, 0.6) is 0 Å². The van der Waals surface area contributed by atoms with Gasteiger partial charge in [0.2, 0.25) is 0 Å². The maximum absolute atomic E-state index is 11.8. The van der Waals surface area contributed by atoms with Crippen molar-refractivity contribution in [2.45, 2.75) is 63.9 Å². The number of thioether (sulfide) groups is 1. The fourth-order valence-corrected chi connectivity index (χ4v) is 6.94. The smallest absolute Gasteiger partial charge is 0.156 e. The van der Waals surface area contributed by atoms with Gasteiger partial charge in [0.1, 0.15) is 5.40 Å². The van der Waals surface area contributed by atoms with E-state index in [1.165, 1.54) is 28.5 Å². The third kappa shape index (κ3) is 2.55. The molecule has 1 N–H and O–H groups in total. The van der Waals surface area contributed by atoms with Gasteiger partial charge in [-0.05, 0) is 84.9 Å². The van der Waals surface area contributed by atoms with Crippen LogP contribution in [0, 0.1) is 27.9 Å². The summed E-state index contributed by atoms with van der Waals surface area (Å²) < 4.78 is 0. The van der Waals surface area contributed by atoms with Crippen LogP contribution in [0.4, 0.5) is 0 Å². The zero-order valence-corrected chi connectivity index (χ0v) is 16.3. The Bertz CT molecular complexity index is 759. The van der Waals surface area contributed by atoms with Crippen LogP contribution in [0.2, 0.25) is 0 Å². The van der Waals surface area contributed by atoms with Crippen LogP contribution in [0.25, 0.3) is 0 Å². The number of carbonyl (C=O) groups is 1. The second kappa shape index (κ2) is 6.69. The highest BCUT2D eigenvalue weighted by Crippen LogP contribution is 2.63. The number of nitrogens with zero attached hydrogens (tertiary/aromatic N) is 1. The minimum absolute atomic E-state index is 0.202. The largest absolute Gasteiger partial charge is 0.388 e. The summed E-state index contributed by atoms with van der Waals surface area (Å²) in [6.45, 7) is 2.19. The molecule has 4 atom stereocenters. The van der Waals surface area contributed by atoms with E-state index in [4.69, 9.17) is 5.26 Å². The Kier molecular flexibility index (Phi) is 4.65. The van der Waals surface area contributed by atoms with Crippen molar-refractivity contribution < 1.29 is 9.90 Å². The van der Waals surface area contributed by atoms with E-state index < -0.39 is 5.60 Å². The van der Waals surface area contributed by atoms with Gasteiger partial charge in [-0.3, -0.25) is 4.79 Å². The first-order valence-corrected chi connectivity index (χ1v) is 10.9. The second-order valence-corrected chi connectivity index (χ2v) is 9.16. The summed E-state index contributed by atoms with van der Waals surface area (Å²) in [5, 5.41) is 22.7. The van der Waals surface area contributed by atoms with Crippen LogP contribution in [0.15, 0.2) is 34.9 Å². The standard InChI is InChI=1S/C22H27NO2S/c1-2-9-21-10-7-18-17-6-4-16(24)12-15(17)3-5-19(18)20(21)8-11-22(21,25)13-26-14-23/h7,10,12,19-20,25H,2-6,8-9,11,13H2,1H3/t19-,20+,21+,22-/m1/s1. The molecule has 0 spiro atoms. The van der Waals surface area contributed by atoms with Crippen molar-refractivity contribution in [2.24, 2.45) is 17.3 Å². The van der Waals surface area contributed by atoms with Gasteiger partial charge in [0, 0.05) is 17.6 Å². The Morgan fingerprint density at radius 1 is 1.35 bits per heavy atom. The zero-order chi connectivity index (χ0) is 18.4. The number of ketones is 1. The Hall–Kier alpha value is -1.31. The summed E-state index contributed by atoms with van der Waals surface area (Å²) in [5.74, 6) is 1.72. The number of hydrogen-bond acceptors (Lipinski definition) is 4. The summed E-state index contributed by atoms with van der Waals surface area (Å²) in [6.07, 6.45) is 13.9. The van der Waals surface area contributed by atoms with Crippen LogP contribution in [-0.4, -0.2) is 22.2 Å². The Labute approximate surface area is 160 Å². The lowest BCUT2D eigenvalue weighted by Crippen LogP contribution is -2.51. The van der Waals surface area contributed by atoms with Crippen molar-refractivity contribution in [3.63, 3.8) is 0 Å². The van der Waals surface area contributed by atoms with Gasteiger partial charge in [-0.1, -0.05) is 25.5 Å². The molecule has 0 bridgehead atoms. The summed E-state index contributed by atoms with van der Waals surface area (Å²) in [4.78, 5) is 11.8. The van der Waals surface area contributed by atoms with Crippen molar-refractivity contribution in [3.8, 4) is 5.40 Å². The Balaban J connectivity index is 1.78. The molecule has 0 aromatic heterocycles. The first kappa shape index (κ1) is 18.1. The molecule has 4 rings (SSSR count). The van der Waals surface area contributed by atoms with E-state index in [-0.39, 0.29) is 11.2 Å². The first-order valence-electron chi connectivity index (χ1n) is 9.94. The van der Waals surface area contributed by atoms with Gasteiger partial charge in [0.05, 0.1) is 5.60 Å². The van der Waals surface area contributed by atoms with E-state index >= 15 is 0 Å². The second-order valence-electron chi connectivity index (χ2n) is 8.40. The molecular weight excluding hydrogens is 342 g/mol. The quantitative estimate of drug-likeness (QED) is 0.730. The van der Waals surface area contributed by atoms with Gasteiger partial charge >= 0.3 is 0 Å². The lowest BCUT2D eigenvalue weighted by Gasteiger charge is -2.50. The van der Waals surface area contributed by atoms with Crippen molar-refractivity contribution >= 4 is 17.5 Å². The molecule has 0 heterocycles. The number of allylic oxidation sites excluding steroid dienone is 5. The molecule has 1 saturated carbocycles. The minimum Gasteiger partial charge on any atom is -0.388 e. The van der Waals surface area contributed by atoms with Gasteiger partial charge in [-0.2, -0.15) is 5.26 Å². The molecule has 1 fully saturated rings. The number of hydrogen-bond donors (Lipinski definition) is 1. The summed E-state index contributed by atoms with van der Waals surface area (Å²) in [5.41, 5.74) is 3.12. The fraction of sp³-hybridized carbons (Fsp3) is 0.636. The molecular formula is C22H27NO2S. The van der Waals surface area contributed by atoms with E-state index in [1.54, 1.807) is 0 Å². The highest BCUT2D eigenvalue weighted by Gasteiger charge is 2.60. The molecule has 0 amide bonds. The number of aliphatic hydroxyl groups is 1. The summed E-state index contributed by atoms with van der Waals surface area (Å²) in [6, 6.07) is 0. The van der Waals surface area contributed by atoms with Gasteiger partial charge in [0.15, 0.2) is 5.78 Å². The van der Waals surface area contributed by atoms with Crippen LogP contribution in [0.1, 0.15) is 58.3 Å². The molecule has 4 heteroatoms. The predicted octanol–water partition coefficient (Wildman–Crippen LogP) is 4.69. The van der Waals surface area contributed by atoms with E-state index in [0.29, 0.717) is 24.0 Å². The predicted molar refractivity (Wildman–Crippen MR) is 104 cm³/mol. The van der Waals surface area contributed by atoms with Crippen LogP contribution in [-0.2, 0) is 4.79 Å². The van der Waals surface area contributed by atoms with Crippen molar-refractivity contribution in [3.05, 3.63) is 34.9 Å². The Morgan fingerprint density at radius 3 is 2.96 bits per heavy atom. The molecule has 0 unspecified atom stereocenters. The van der Waals surface area contributed by atoms with Gasteiger partial charge in [-0.15, -0.1) is 0 Å². The highest BCUT2D eigenvalue weighted by molar-refractivity contribution is 8.03. The van der Waals surface area contributed by atoms with E-state index in [2.05, 4.69) is 24.5 Å². The maximum Gasteiger partial charge on any atom is 0.156 e. The normalized spacial score (nSPS) is 38.3. The molecule has 0 aromatic carbocycles. The average molecular weight is 370 g/mol. The summed E-state index contributed by atoms with van der Waals surface area (Å²) in [7, 11) is 0. The van der Waals surface area contributed by atoms with E-state index in [9.17, 15) is 9.90 Å². The first-order chi connectivity index (χ1) is 12.5. The van der Waals surface area contributed by atoms with Crippen LogP contribution < -0.4 is 0 Å².